The Balaban J connectivity index is 2.06. The molecule has 0 unspecified atom stereocenters. The monoisotopic (exact) mass is 403 g/mol. The lowest BCUT2D eigenvalue weighted by Crippen LogP contribution is -2.34. The summed E-state index contributed by atoms with van der Waals surface area (Å²) in [7, 11) is -1.84. The van der Waals surface area contributed by atoms with Crippen molar-refractivity contribution in [2.45, 2.75) is 50.0 Å². The molecule has 1 aromatic carbocycles. The summed E-state index contributed by atoms with van der Waals surface area (Å²) >= 11 is 0. The van der Waals surface area contributed by atoms with Crippen molar-refractivity contribution in [1.29, 1.82) is 0 Å². The van der Waals surface area contributed by atoms with Crippen molar-refractivity contribution >= 4 is 21.7 Å². The Labute approximate surface area is 165 Å². The van der Waals surface area contributed by atoms with Crippen molar-refractivity contribution in [2.24, 2.45) is 10.9 Å². The smallest absolute Gasteiger partial charge is 0.267 e. The number of benzene rings is 1. The SMILES string of the molecule is Cc1cc(S(N)(=O)=O)ccc1-c1nc(C(N)=O)cc(N(C)C2CCCCC2)n1. The molecule has 0 saturated heterocycles. The zero-order valence-electron chi connectivity index (χ0n) is 16.1. The van der Waals surface area contributed by atoms with Crippen LogP contribution in [0.3, 0.4) is 0 Å². The number of hydrogen-bond donors (Lipinski definition) is 2. The van der Waals surface area contributed by atoms with Gasteiger partial charge >= 0.3 is 0 Å². The fraction of sp³-hybridized carbons (Fsp3) is 0.421. The molecule has 9 heteroatoms. The van der Waals surface area contributed by atoms with E-state index in [0.29, 0.717) is 28.8 Å². The summed E-state index contributed by atoms with van der Waals surface area (Å²) in [6.07, 6.45) is 5.72. The Morgan fingerprint density at radius 1 is 1.14 bits per heavy atom. The molecule has 8 nitrogen and oxygen atoms in total. The summed E-state index contributed by atoms with van der Waals surface area (Å²) in [5.74, 6) is 0.314. The van der Waals surface area contributed by atoms with Crippen molar-refractivity contribution < 1.29 is 13.2 Å². The molecule has 1 aromatic heterocycles. The van der Waals surface area contributed by atoms with E-state index in [4.69, 9.17) is 10.9 Å². The van der Waals surface area contributed by atoms with E-state index >= 15 is 0 Å². The van der Waals surface area contributed by atoms with Crippen molar-refractivity contribution in [3.63, 3.8) is 0 Å². The molecule has 3 rings (SSSR count). The Kier molecular flexibility index (Phi) is 5.66. The van der Waals surface area contributed by atoms with Gasteiger partial charge in [0.05, 0.1) is 4.90 Å². The third kappa shape index (κ3) is 4.31. The highest BCUT2D eigenvalue weighted by atomic mass is 32.2. The molecule has 2 aromatic rings. The molecule has 150 valence electrons. The Morgan fingerprint density at radius 2 is 1.82 bits per heavy atom. The summed E-state index contributed by atoms with van der Waals surface area (Å²) in [5.41, 5.74) is 6.86. The zero-order valence-corrected chi connectivity index (χ0v) is 16.9. The summed E-state index contributed by atoms with van der Waals surface area (Å²) in [6.45, 7) is 1.74. The van der Waals surface area contributed by atoms with Crippen LogP contribution in [0.2, 0.25) is 0 Å². The van der Waals surface area contributed by atoms with Gasteiger partial charge in [-0.25, -0.2) is 23.5 Å². The first kappa shape index (κ1) is 20.2. The van der Waals surface area contributed by atoms with E-state index in [2.05, 4.69) is 14.9 Å². The second-order valence-electron chi connectivity index (χ2n) is 7.22. The van der Waals surface area contributed by atoms with E-state index in [9.17, 15) is 13.2 Å². The first-order valence-electron chi connectivity index (χ1n) is 9.22. The van der Waals surface area contributed by atoms with Gasteiger partial charge in [-0.2, -0.15) is 0 Å². The van der Waals surface area contributed by atoms with E-state index in [1.165, 1.54) is 31.4 Å². The molecule has 0 bridgehead atoms. The van der Waals surface area contributed by atoms with E-state index < -0.39 is 15.9 Å². The first-order chi connectivity index (χ1) is 13.2. The molecule has 1 fully saturated rings. The highest BCUT2D eigenvalue weighted by Gasteiger charge is 2.22. The normalized spacial score (nSPS) is 15.4. The van der Waals surface area contributed by atoms with E-state index in [1.54, 1.807) is 19.1 Å². The third-order valence-corrected chi connectivity index (χ3v) is 6.13. The molecule has 28 heavy (non-hydrogen) atoms. The van der Waals surface area contributed by atoms with E-state index in [1.807, 2.05) is 7.05 Å². The molecule has 0 aliphatic heterocycles. The molecule has 1 aliphatic rings. The fourth-order valence-corrected chi connectivity index (χ4v) is 4.18. The highest BCUT2D eigenvalue weighted by Crippen LogP contribution is 2.28. The lowest BCUT2D eigenvalue weighted by molar-refractivity contribution is 0.0995. The molecule has 0 radical (unpaired) electrons. The molecular formula is C19H25N5O3S. The number of anilines is 1. The molecule has 1 saturated carbocycles. The largest absolute Gasteiger partial charge is 0.364 e. The van der Waals surface area contributed by atoms with Crippen LogP contribution < -0.4 is 15.8 Å². The van der Waals surface area contributed by atoms with Crippen LogP contribution in [0.4, 0.5) is 5.82 Å². The summed E-state index contributed by atoms with van der Waals surface area (Å²) in [5, 5.41) is 5.20. The summed E-state index contributed by atoms with van der Waals surface area (Å²) < 4.78 is 23.1. The number of carbonyl (C=O) groups is 1. The quantitative estimate of drug-likeness (QED) is 0.784. The molecule has 0 atom stereocenters. The lowest BCUT2D eigenvalue weighted by Gasteiger charge is -2.32. The van der Waals surface area contributed by atoms with Gasteiger partial charge in [0.25, 0.3) is 5.91 Å². The van der Waals surface area contributed by atoms with Crippen molar-refractivity contribution in [3.8, 4) is 11.4 Å². The van der Waals surface area contributed by atoms with Gasteiger partial charge in [-0.3, -0.25) is 4.79 Å². The number of carbonyl (C=O) groups excluding carboxylic acids is 1. The zero-order chi connectivity index (χ0) is 20.5. The van der Waals surface area contributed by atoms with Gasteiger partial charge in [0.15, 0.2) is 5.82 Å². The predicted molar refractivity (Wildman–Crippen MR) is 107 cm³/mol. The van der Waals surface area contributed by atoms with Crippen LogP contribution in [0, 0.1) is 6.92 Å². The Morgan fingerprint density at radius 3 is 2.39 bits per heavy atom. The maximum Gasteiger partial charge on any atom is 0.267 e. The van der Waals surface area contributed by atoms with Crippen LogP contribution in [-0.4, -0.2) is 37.4 Å². The summed E-state index contributed by atoms with van der Waals surface area (Å²) in [4.78, 5) is 22.8. The highest BCUT2D eigenvalue weighted by molar-refractivity contribution is 7.89. The van der Waals surface area contributed by atoms with Gasteiger partial charge in [-0.15, -0.1) is 0 Å². The maximum atomic E-state index is 11.8. The lowest BCUT2D eigenvalue weighted by atomic mass is 9.94. The minimum Gasteiger partial charge on any atom is -0.364 e. The predicted octanol–water partition coefficient (Wildman–Crippen LogP) is 1.97. The van der Waals surface area contributed by atoms with Crippen LogP contribution in [0.25, 0.3) is 11.4 Å². The van der Waals surface area contributed by atoms with Gasteiger partial charge < -0.3 is 10.6 Å². The number of rotatable bonds is 5. The van der Waals surface area contributed by atoms with Gasteiger partial charge in [0.2, 0.25) is 10.0 Å². The van der Waals surface area contributed by atoms with Crippen LogP contribution in [0.1, 0.15) is 48.2 Å². The maximum absolute atomic E-state index is 11.8. The van der Waals surface area contributed by atoms with Crippen LogP contribution in [0.5, 0.6) is 0 Å². The van der Waals surface area contributed by atoms with Crippen LogP contribution in [-0.2, 0) is 10.0 Å². The van der Waals surface area contributed by atoms with Gasteiger partial charge in [0, 0.05) is 24.7 Å². The van der Waals surface area contributed by atoms with E-state index in [0.717, 1.165) is 12.8 Å². The van der Waals surface area contributed by atoms with Crippen molar-refractivity contribution in [2.75, 3.05) is 11.9 Å². The molecular weight excluding hydrogens is 378 g/mol. The first-order valence-corrected chi connectivity index (χ1v) is 10.8. The molecule has 4 N–H and O–H groups in total. The Hall–Kier alpha value is -2.52. The van der Waals surface area contributed by atoms with Gasteiger partial charge in [-0.1, -0.05) is 19.3 Å². The standard InChI is InChI=1S/C19H25N5O3S/c1-12-10-14(28(21,26)27)8-9-15(12)19-22-16(18(20)25)11-17(23-19)24(2)13-6-4-3-5-7-13/h8-11,13H,3-7H2,1-2H3,(H2,20,25)(H2,21,26,27). The molecule has 0 spiro atoms. The average molecular weight is 404 g/mol. The topological polar surface area (TPSA) is 132 Å². The number of aryl methyl sites for hydroxylation is 1. The van der Waals surface area contributed by atoms with Crippen molar-refractivity contribution in [3.05, 3.63) is 35.5 Å². The summed E-state index contributed by atoms with van der Waals surface area (Å²) in [6, 6.07) is 6.43. The third-order valence-electron chi connectivity index (χ3n) is 5.22. The number of sulfonamides is 1. The average Bonchev–Trinajstić information content (AvgIpc) is 2.67. The van der Waals surface area contributed by atoms with E-state index in [-0.39, 0.29) is 10.6 Å². The van der Waals surface area contributed by atoms with Crippen molar-refractivity contribution in [1.82, 2.24) is 9.97 Å². The minimum absolute atomic E-state index is 0.0133. The number of hydrogen-bond acceptors (Lipinski definition) is 6. The number of primary amides is 1. The van der Waals surface area contributed by atoms with Gasteiger partial charge in [0.1, 0.15) is 11.5 Å². The number of nitrogens with zero attached hydrogens (tertiary/aromatic N) is 3. The number of nitrogens with two attached hydrogens (primary N) is 2. The fourth-order valence-electron chi connectivity index (χ4n) is 3.58. The second kappa shape index (κ2) is 7.84. The number of primary sulfonamides is 1. The van der Waals surface area contributed by atoms with Crippen LogP contribution >= 0.6 is 0 Å². The minimum atomic E-state index is -3.81. The Bertz CT molecular complexity index is 1000. The number of amides is 1. The van der Waals surface area contributed by atoms with Crippen LogP contribution in [0.15, 0.2) is 29.2 Å². The van der Waals surface area contributed by atoms with Gasteiger partial charge in [-0.05, 0) is 43.5 Å². The molecule has 1 aliphatic carbocycles. The molecule has 1 heterocycles. The molecule has 1 amide bonds. The number of aromatic nitrogens is 2. The second-order valence-corrected chi connectivity index (χ2v) is 8.79.